The summed E-state index contributed by atoms with van der Waals surface area (Å²) in [5.41, 5.74) is 1.08. The summed E-state index contributed by atoms with van der Waals surface area (Å²) < 4.78 is 0. The summed E-state index contributed by atoms with van der Waals surface area (Å²) >= 11 is 0. The molecule has 2 aromatic rings. The predicted octanol–water partition coefficient (Wildman–Crippen LogP) is 2.69. The molecular formula is C21H29N7. The van der Waals surface area contributed by atoms with E-state index in [0.717, 1.165) is 74.1 Å². The standard InChI is InChI=1S/C21H29N7/c1-15-13-18(25-21(22-15)17-5-6-17)27-9-11-28(12-10-27)20-14-19(23-16(2)24-20)26-7-3-4-8-26/h13-14,17H,3-12H2,1-2H3. The van der Waals surface area contributed by atoms with Crippen molar-refractivity contribution in [3.05, 3.63) is 29.5 Å². The molecular weight excluding hydrogens is 350 g/mol. The summed E-state index contributed by atoms with van der Waals surface area (Å²) in [6.07, 6.45) is 5.00. The maximum atomic E-state index is 4.86. The zero-order chi connectivity index (χ0) is 19.1. The van der Waals surface area contributed by atoms with Crippen molar-refractivity contribution in [3.8, 4) is 0 Å². The highest BCUT2D eigenvalue weighted by molar-refractivity contribution is 5.53. The van der Waals surface area contributed by atoms with E-state index >= 15 is 0 Å². The first-order chi connectivity index (χ1) is 13.7. The van der Waals surface area contributed by atoms with Gasteiger partial charge in [-0.05, 0) is 39.5 Å². The van der Waals surface area contributed by atoms with Crippen LogP contribution in [0.2, 0.25) is 0 Å². The van der Waals surface area contributed by atoms with Gasteiger partial charge in [0.2, 0.25) is 0 Å². The number of aryl methyl sites for hydroxylation is 2. The van der Waals surface area contributed by atoms with Crippen LogP contribution < -0.4 is 14.7 Å². The molecule has 0 N–H and O–H groups in total. The van der Waals surface area contributed by atoms with E-state index < -0.39 is 0 Å². The molecule has 0 spiro atoms. The van der Waals surface area contributed by atoms with Gasteiger partial charge in [0.15, 0.2) is 0 Å². The minimum absolute atomic E-state index is 0.591. The van der Waals surface area contributed by atoms with Crippen LogP contribution >= 0.6 is 0 Å². The van der Waals surface area contributed by atoms with Crippen LogP contribution in [-0.4, -0.2) is 59.2 Å². The second kappa shape index (κ2) is 7.18. The van der Waals surface area contributed by atoms with Gasteiger partial charge in [0.1, 0.15) is 29.1 Å². The van der Waals surface area contributed by atoms with Crippen LogP contribution in [0.25, 0.3) is 0 Å². The summed E-state index contributed by atoms with van der Waals surface area (Å²) in [6.45, 7) is 10.1. The number of anilines is 3. The van der Waals surface area contributed by atoms with Crippen molar-refractivity contribution in [2.24, 2.45) is 0 Å². The zero-order valence-corrected chi connectivity index (χ0v) is 16.9. The van der Waals surface area contributed by atoms with E-state index in [4.69, 9.17) is 9.97 Å². The zero-order valence-electron chi connectivity index (χ0n) is 16.9. The van der Waals surface area contributed by atoms with E-state index in [9.17, 15) is 0 Å². The molecule has 3 aliphatic rings. The molecule has 3 fully saturated rings. The van der Waals surface area contributed by atoms with Gasteiger partial charge in [-0.2, -0.15) is 0 Å². The van der Waals surface area contributed by atoms with Gasteiger partial charge in [-0.25, -0.2) is 19.9 Å². The SMILES string of the molecule is Cc1cc(N2CCN(c3cc(N4CCCC4)nc(C)n3)CC2)nc(C2CC2)n1. The third-order valence-electron chi connectivity index (χ3n) is 5.97. The molecule has 0 radical (unpaired) electrons. The highest BCUT2D eigenvalue weighted by Crippen LogP contribution is 2.38. The van der Waals surface area contributed by atoms with E-state index in [1.54, 1.807) is 0 Å². The maximum Gasteiger partial charge on any atom is 0.134 e. The molecule has 1 saturated carbocycles. The molecule has 0 unspecified atom stereocenters. The van der Waals surface area contributed by atoms with Crippen molar-refractivity contribution in [2.45, 2.75) is 45.4 Å². The van der Waals surface area contributed by atoms with Crippen LogP contribution in [0.5, 0.6) is 0 Å². The van der Waals surface area contributed by atoms with Crippen molar-refractivity contribution in [1.29, 1.82) is 0 Å². The van der Waals surface area contributed by atoms with E-state index in [1.165, 1.54) is 25.7 Å². The smallest absolute Gasteiger partial charge is 0.134 e. The molecule has 2 aliphatic heterocycles. The molecule has 28 heavy (non-hydrogen) atoms. The number of rotatable bonds is 4. The fourth-order valence-corrected chi connectivity index (χ4v) is 4.23. The topological polar surface area (TPSA) is 61.3 Å². The van der Waals surface area contributed by atoms with Gasteiger partial charge in [0.05, 0.1) is 0 Å². The number of hydrogen-bond donors (Lipinski definition) is 0. The Balaban J connectivity index is 1.30. The number of piperazine rings is 1. The minimum Gasteiger partial charge on any atom is -0.356 e. The molecule has 1 aliphatic carbocycles. The first-order valence-corrected chi connectivity index (χ1v) is 10.6. The van der Waals surface area contributed by atoms with E-state index in [-0.39, 0.29) is 0 Å². The van der Waals surface area contributed by atoms with Crippen molar-refractivity contribution >= 4 is 17.5 Å². The van der Waals surface area contributed by atoms with Crippen LogP contribution in [0.3, 0.4) is 0 Å². The van der Waals surface area contributed by atoms with Crippen molar-refractivity contribution in [1.82, 2.24) is 19.9 Å². The van der Waals surface area contributed by atoms with E-state index in [0.29, 0.717) is 5.92 Å². The summed E-state index contributed by atoms with van der Waals surface area (Å²) in [6, 6.07) is 4.30. The Hall–Kier alpha value is -2.44. The second-order valence-electron chi connectivity index (χ2n) is 8.30. The average Bonchev–Trinajstić information content (AvgIpc) is 3.41. The van der Waals surface area contributed by atoms with Gasteiger partial charge in [0.25, 0.3) is 0 Å². The van der Waals surface area contributed by atoms with Crippen LogP contribution in [0, 0.1) is 13.8 Å². The lowest BCUT2D eigenvalue weighted by Gasteiger charge is -2.36. The fraction of sp³-hybridized carbons (Fsp3) is 0.619. The molecule has 0 aromatic carbocycles. The highest BCUT2D eigenvalue weighted by atomic mass is 15.3. The molecule has 7 heteroatoms. The van der Waals surface area contributed by atoms with Gasteiger partial charge in [-0.3, -0.25) is 0 Å². The molecule has 0 atom stereocenters. The molecule has 2 aromatic heterocycles. The van der Waals surface area contributed by atoms with Crippen LogP contribution in [0.15, 0.2) is 12.1 Å². The minimum atomic E-state index is 0.591. The lowest BCUT2D eigenvalue weighted by Crippen LogP contribution is -2.47. The summed E-state index contributed by atoms with van der Waals surface area (Å²) in [4.78, 5) is 26.1. The van der Waals surface area contributed by atoms with Crippen molar-refractivity contribution in [3.63, 3.8) is 0 Å². The number of nitrogens with zero attached hydrogens (tertiary/aromatic N) is 7. The Morgan fingerprint density at radius 2 is 1.21 bits per heavy atom. The first kappa shape index (κ1) is 17.6. The van der Waals surface area contributed by atoms with Crippen molar-refractivity contribution in [2.75, 3.05) is 54.0 Å². The molecule has 2 saturated heterocycles. The van der Waals surface area contributed by atoms with Gasteiger partial charge in [-0.15, -0.1) is 0 Å². The fourth-order valence-electron chi connectivity index (χ4n) is 4.23. The summed E-state index contributed by atoms with van der Waals surface area (Å²) in [5, 5.41) is 0. The Bertz CT molecular complexity index is 850. The Kier molecular flexibility index (Phi) is 4.53. The molecule has 5 rings (SSSR count). The van der Waals surface area contributed by atoms with Gasteiger partial charge in [-0.1, -0.05) is 0 Å². The van der Waals surface area contributed by atoms with Crippen LogP contribution in [-0.2, 0) is 0 Å². The monoisotopic (exact) mass is 379 g/mol. The summed E-state index contributed by atoms with van der Waals surface area (Å²) in [7, 11) is 0. The molecule has 0 amide bonds. The van der Waals surface area contributed by atoms with Gasteiger partial charge >= 0.3 is 0 Å². The van der Waals surface area contributed by atoms with Gasteiger partial charge < -0.3 is 14.7 Å². The lowest BCUT2D eigenvalue weighted by atomic mass is 10.2. The third kappa shape index (κ3) is 3.62. The molecule has 7 nitrogen and oxygen atoms in total. The first-order valence-electron chi connectivity index (χ1n) is 10.6. The highest BCUT2D eigenvalue weighted by Gasteiger charge is 2.28. The largest absolute Gasteiger partial charge is 0.356 e. The average molecular weight is 380 g/mol. The molecule has 148 valence electrons. The van der Waals surface area contributed by atoms with E-state index in [1.807, 2.05) is 6.92 Å². The number of hydrogen-bond acceptors (Lipinski definition) is 7. The second-order valence-corrected chi connectivity index (χ2v) is 8.30. The maximum absolute atomic E-state index is 4.86. The normalized spacial score (nSPS) is 20.1. The van der Waals surface area contributed by atoms with Crippen LogP contribution in [0.1, 0.15) is 48.9 Å². The van der Waals surface area contributed by atoms with Crippen LogP contribution in [0.4, 0.5) is 17.5 Å². The Morgan fingerprint density at radius 1 is 0.679 bits per heavy atom. The Morgan fingerprint density at radius 3 is 1.79 bits per heavy atom. The Labute approximate surface area is 166 Å². The predicted molar refractivity (Wildman–Crippen MR) is 111 cm³/mol. The molecule has 0 bridgehead atoms. The molecule has 4 heterocycles. The number of aromatic nitrogens is 4. The van der Waals surface area contributed by atoms with E-state index in [2.05, 4.69) is 43.7 Å². The quantitative estimate of drug-likeness (QED) is 0.809. The third-order valence-corrected chi connectivity index (χ3v) is 5.97. The lowest BCUT2D eigenvalue weighted by molar-refractivity contribution is 0.636. The summed E-state index contributed by atoms with van der Waals surface area (Å²) in [5.74, 6) is 5.73. The van der Waals surface area contributed by atoms with Gasteiger partial charge in [0, 0.05) is 63.0 Å². The van der Waals surface area contributed by atoms with Crippen molar-refractivity contribution < 1.29 is 0 Å².